The van der Waals surface area contributed by atoms with E-state index in [4.69, 9.17) is 5.84 Å². The van der Waals surface area contributed by atoms with E-state index in [0.29, 0.717) is 18.3 Å². The summed E-state index contributed by atoms with van der Waals surface area (Å²) in [4.78, 5) is 19.7. The molecule has 0 fully saturated rings. The maximum Gasteiger partial charge on any atom is 0.271 e. The van der Waals surface area contributed by atoms with Gasteiger partial charge in [-0.15, -0.1) is 0 Å². The van der Waals surface area contributed by atoms with Crippen LogP contribution < -0.4 is 16.6 Å². The molecule has 0 unspecified atom stereocenters. The number of hydrogen-bond donors (Lipinski definition) is 3. The van der Waals surface area contributed by atoms with Crippen LogP contribution in [0.25, 0.3) is 0 Å². The van der Waals surface area contributed by atoms with Gasteiger partial charge in [0.25, 0.3) is 5.91 Å². The van der Waals surface area contributed by atoms with Gasteiger partial charge in [0.15, 0.2) is 5.82 Å². The largest absolute Gasteiger partial charge is 0.350 e. The van der Waals surface area contributed by atoms with Crippen LogP contribution in [-0.2, 0) is 0 Å². The van der Waals surface area contributed by atoms with Crippen LogP contribution in [0.4, 0.5) is 5.82 Å². The second-order valence-corrected chi connectivity index (χ2v) is 3.83. The summed E-state index contributed by atoms with van der Waals surface area (Å²) in [6, 6.07) is 0. The molecule has 0 aliphatic carbocycles. The predicted molar refractivity (Wildman–Crippen MR) is 66.2 cm³/mol. The number of carbonyl (C=O) groups excluding carboxylic acids is 1. The SMILES string of the molecule is CCC(CC)CNC(=O)c1cncc(NN)n1. The standard InChI is InChI=1S/C11H19N5O/c1-3-8(4-2)5-14-11(17)9-6-13-7-10(15-9)16-12/h6-8H,3-5,12H2,1-2H3,(H,14,17)(H,15,16). The first-order valence-corrected chi connectivity index (χ1v) is 5.78. The van der Waals surface area contributed by atoms with Crippen molar-refractivity contribution in [2.75, 3.05) is 12.0 Å². The maximum absolute atomic E-state index is 11.8. The summed E-state index contributed by atoms with van der Waals surface area (Å²) in [5, 5.41) is 2.84. The summed E-state index contributed by atoms with van der Waals surface area (Å²) in [7, 11) is 0. The van der Waals surface area contributed by atoms with Crippen molar-refractivity contribution in [1.29, 1.82) is 0 Å². The quantitative estimate of drug-likeness (QED) is 0.505. The number of amides is 1. The van der Waals surface area contributed by atoms with Crippen molar-refractivity contribution in [3.8, 4) is 0 Å². The minimum Gasteiger partial charge on any atom is -0.350 e. The van der Waals surface area contributed by atoms with Gasteiger partial charge in [0.05, 0.1) is 12.4 Å². The molecular formula is C11H19N5O. The molecule has 1 aromatic rings. The van der Waals surface area contributed by atoms with Crippen LogP contribution in [-0.4, -0.2) is 22.4 Å². The number of nitrogen functional groups attached to an aromatic ring is 1. The van der Waals surface area contributed by atoms with Crippen molar-refractivity contribution in [1.82, 2.24) is 15.3 Å². The molecule has 1 rings (SSSR count). The average molecular weight is 237 g/mol. The van der Waals surface area contributed by atoms with E-state index in [9.17, 15) is 4.79 Å². The normalized spacial score (nSPS) is 10.4. The summed E-state index contributed by atoms with van der Waals surface area (Å²) in [5.41, 5.74) is 2.63. The van der Waals surface area contributed by atoms with Crippen LogP contribution in [0.3, 0.4) is 0 Å². The van der Waals surface area contributed by atoms with E-state index in [1.807, 2.05) is 0 Å². The molecule has 0 bridgehead atoms. The molecule has 0 aromatic carbocycles. The summed E-state index contributed by atoms with van der Waals surface area (Å²) >= 11 is 0. The number of nitrogens with one attached hydrogen (secondary N) is 2. The zero-order valence-electron chi connectivity index (χ0n) is 10.2. The van der Waals surface area contributed by atoms with Crippen molar-refractivity contribution < 1.29 is 4.79 Å². The molecule has 0 spiro atoms. The van der Waals surface area contributed by atoms with Gasteiger partial charge < -0.3 is 10.7 Å². The van der Waals surface area contributed by atoms with Crippen LogP contribution in [0, 0.1) is 5.92 Å². The highest BCUT2D eigenvalue weighted by Gasteiger charge is 2.10. The summed E-state index contributed by atoms with van der Waals surface area (Å²) in [6.07, 6.45) is 4.97. The van der Waals surface area contributed by atoms with Gasteiger partial charge in [-0.1, -0.05) is 26.7 Å². The average Bonchev–Trinajstić information content (AvgIpc) is 2.39. The van der Waals surface area contributed by atoms with Gasteiger partial charge in [-0.25, -0.2) is 10.8 Å². The van der Waals surface area contributed by atoms with Crippen molar-refractivity contribution in [2.45, 2.75) is 26.7 Å². The summed E-state index contributed by atoms with van der Waals surface area (Å²) in [6.45, 7) is 4.88. The van der Waals surface area contributed by atoms with Crippen LogP contribution >= 0.6 is 0 Å². The number of hydrogen-bond acceptors (Lipinski definition) is 5. The number of aromatic nitrogens is 2. The fourth-order valence-electron chi connectivity index (χ4n) is 1.45. The van der Waals surface area contributed by atoms with Crippen molar-refractivity contribution in [3.63, 3.8) is 0 Å². The number of rotatable bonds is 6. The van der Waals surface area contributed by atoms with E-state index in [-0.39, 0.29) is 11.6 Å². The van der Waals surface area contributed by atoms with Gasteiger partial charge in [-0.3, -0.25) is 9.78 Å². The van der Waals surface area contributed by atoms with E-state index in [1.54, 1.807) is 0 Å². The van der Waals surface area contributed by atoms with Crippen LogP contribution in [0.5, 0.6) is 0 Å². The molecular weight excluding hydrogens is 218 g/mol. The van der Waals surface area contributed by atoms with Crippen LogP contribution in [0.15, 0.2) is 12.4 Å². The number of anilines is 1. The van der Waals surface area contributed by atoms with Gasteiger partial charge in [0.2, 0.25) is 0 Å². The molecule has 6 heteroatoms. The molecule has 6 nitrogen and oxygen atoms in total. The van der Waals surface area contributed by atoms with Gasteiger partial charge in [-0.2, -0.15) is 0 Å². The Kier molecular flexibility index (Phi) is 5.35. The molecule has 4 N–H and O–H groups in total. The second-order valence-electron chi connectivity index (χ2n) is 3.83. The fourth-order valence-corrected chi connectivity index (χ4v) is 1.45. The summed E-state index contributed by atoms with van der Waals surface area (Å²) in [5.74, 6) is 5.86. The number of hydrazine groups is 1. The first-order valence-electron chi connectivity index (χ1n) is 5.78. The van der Waals surface area contributed by atoms with E-state index in [1.165, 1.54) is 12.4 Å². The third kappa shape index (κ3) is 3.99. The third-order valence-corrected chi connectivity index (χ3v) is 2.72. The smallest absolute Gasteiger partial charge is 0.271 e. The van der Waals surface area contributed by atoms with Crippen LogP contribution in [0.1, 0.15) is 37.2 Å². The topological polar surface area (TPSA) is 92.9 Å². The van der Waals surface area contributed by atoms with E-state index in [2.05, 4.69) is 34.6 Å². The Morgan fingerprint density at radius 2 is 2.12 bits per heavy atom. The zero-order chi connectivity index (χ0) is 12.7. The molecule has 1 amide bonds. The fraction of sp³-hybridized carbons (Fsp3) is 0.545. The molecule has 1 aromatic heterocycles. The Hall–Kier alpha value is -1.69. The maximum atomic E-state index is 11.8. The Bertz CT molecular complexity index is 365. The molecule has 0 saturated heterocycles. The predicted octanol–water partition coefficient (Wildman–Crippen LogP) is 0.928. The number of nitrogens with zero attached hydrogens (tertiary/aromatic N) is 2. The Labute approximate surface area is 101 Å². The Morgan fingerprint density at radius 1 is 1.41 bits per heavy atom. The lowest BCUT2D eigenvalue weighted by Gasteiger charge is -2.12. The highest BCUT2D eigenvalue weighted by Crippen LogP contribution is 2.06. The molecule has 1 heterocycles. The van der Waals surface area contributed by atoms with Gasteiger partial charge >= 0.3 is 0 Å². The third-order valence-electron chi connectivity index (χ3n) is 2.72. The molecule has 0 radical (unpaired) electrons. The highest BCUT2D eigenvalue weighted by molar-refractivity contribution is 5.92. The molecule has 0 aliphatic rings. The van der Waals surface area contributed by atoms with Gasteiger partial charge in [-0.05, 0) is 5.92 Å². The second kappa shape index (κ2) is 6.80. The first-order chi connectivity index (χ1) is 8.21. The van der Waals surface area contributed by atoms with Crippen LogP contribution in [0.2, 0.25) is 0 Å². The lowest BCUT2D eigenvalue weighted by molar-refractivity contribution is 0.0941. The Balaban J connectivity index is 2.57. The van der Waals surface area contributed by atoms with Crippen molar-refractivity contribution in [2.24, 2.45) is 11.8 Å². The number of nitrogens with two attached hydrogens (primary N) is 1. The molecule has 17 heavy (non-hydrogen) atoms. The van der Waals surface area contributed by atoms with Crippen molar-refractivity contribution >= 4 is 11.7 Å². The lowest BCUT2D eigenvalue weighted by Crippen LogP contribution is -2.30. The molecule has 0 aliphatic heterocycles. The zero-order valence-corrected chi connectivity index (χ0v) is 10.2. The van der Waals surface area contributed by atoms with E-state index in [0.717, 1.165) is 12.8 Å². The van der Waals surface area contributed by atoms with Gasteiger partial charge in [0, 0.05) is 6.54 Å². The van der Waals surface area contributed by atoms with E-state index >= 15 is 0 Å². The lowest BCUT2D eigenvalue weighted by atomic mass is 10.0. The molecule has 0 atom stereocenters. The molecule has 0 saturated carbocycles. The Morgan fingerprint density at radius 3 is 2.71 bits per heavy atom. The van der Waals surface area contributed by atoms with Gasteiger partial charge in [0.1, 0.15) is 5.69 Å². The monoisotopic (exact) mass is 237 g/mol. The minimum absolute atomic E-state index is 0.221. The first kappa shape index (κ1) is 13.4. The van der Waals surface area contributed by atoms with E-state index < -0.39 is 0 Å². The minimum atomic E-state index is -0.221. The number of carbonyl (C=O) groups is 1. The molecule has 94 valence electrons. The van der Waals surface area contributed by atoms with Crippen molar-refractivity contribution in [3.05, 3.63) is 18.1 Å². The summed E-state index contributed by atoms with van der Waals surface area (Å²) < 4.78 is 0. The highest BCUT2D eigenvalue weighted by atomic mass is 16.1.